The number of amides is 2. The molecule has 9 nitrogen and oxygen atoms in total. The fourth-order valence-electron chi connectivity index (χ4n) is 2.64. The Balaban J connectivity index is 1.99. The van der Waals surface area contributed by atoms with E-state index < -0.39 is 11.8 Å². The van der Waals surface area contributed by atoms with Crippen molar-refractivity contribution >= 4 is 29.3 Å². The molecular formula is C15H21N5O4. The van der Waals surface area contributed by atoms with Gasteiger partial charge in [0.15, 0.2) is 0 Å². The van der Waals surface area contributed by atoms with Gasteiger partial charge in [-0.2, -0.15) is 0 Å². The fraction of sp³-hybridized carbons (Fsp3) is 0.467. The highest BCUT2D eigenvalue weighted by atomic mass is 16.5. The minimum atomic E-state index is -0.927. The Bertz CT molecular complexity index is 641. The molecule has 0 unspecified atom stereocenters. The van der Waals surface area contributed by atoms with E-state index in [1.165, 1.54) is 13.1 Å². The Kier molecular flexibility index (Phi) is 5.69. The van der Waals surface area contributed by atoms with Crippen molar-refractivity contribution in [1.82, 2.24) is 10.4 Å². The van der Waals surface area contributed by atoms with Crippen molar-refractivity contribution in [2.75, 3.05) is 23.3 Å². The number of hydrogen-bond acceptors (Lipinski definition) is 7. The molecule has 1 saturated heterocycles. The number of nitrogens with one attached hydrogen (secondary N) is 2. The van der Waals surface area contributed by atoms with E-state index in [2.05, 4.69) is 15.2 Å². The van der Waals surface area contributed by atoms with E-state index in [0.717, 1.165) is 37.3 Å². The van der Waals surface area contributed by atoms with Crippen LogP contribution in [0.2, 0.25) is 0 Å². The Morgan fingerprint density at radius 2 is 1.96 bits per heavy atom. The lowest BCUT2D eigenvalue weighted by molar-refractivity contribution is -0.147. The molecule has 130 valence electrons. The van der Waals surface area contributed by atoms with Crippen LogP contribution in [0.4, 0.5) is 11.5 Å². The second-order valence-electron chi connectivity index (χ2n) is 5.59. The zero-order valence-electron chi connectivity index (χ0n) is 13.7. The maximum atomic E-state index is 11.5. The standard InChI is InChI=1S/C15H21N5O4/c1-9-7-11(18-14(22)15(23)19-16)8-17-13(9)20-5-3-12(4-6-20)24-10(2)21/h7-8,12H,3-6,16H2,1-2H3,(H,18,22)(H,19,23). The number of carbonyl (C=O) groups excluding carboxylic acids is 3. The van der Waals surface area contributed by atoms with E-state index in [9.17, 15) is 14.4 Å². The predicted octanol–water partition coefficient (Wildman–Crippen LogP) is -0.150. The molecule has 1 aromatic heterocycles. The molecule has 0 saturated carbocycles. The second-order valence-corrected chi connectivity index (χ2v) is 5.59. The first-order valence-electron chi connectivity index (χ1n) is 7.61. The van der Waals surface area contributed by atoms with Crippen molar-refractivity contribution in [3.05, 3.63) is 17.8 Å². The Morgan fingerprint density at radius 3 is 2.50 bits per heavy atom. The van der Waals surface area contributed by atoms with Crippen LogP contribution in [0.1, 0.15) is 25.3 Å². The number of rotatable bonds is 3. The summed E-state index contributed by atoms with van der Waals surface area (Å²) in [6, 6.07) is 1.74. The van der Waals surface area contributed by atoms with Gasteiger partial charge >= 0.3 is 17.8 Å². The van der Waals surface area contributed by atoms with Crippen molar-refractivity contribution in [2.45, 2.75) is 32.8 Å². The Labute approximate surface area is 139 Å². The fourth-order valence-corrected chi connectivity index (χ4v) is 2.64. The number of nitrogens with two attached hydrogens (primary N) is 1. The quantitative estimate of drug-likeness (QED) is 0.230. The first-order valence-corrected chi connectivity index (χ1v) is 7.61. The number of anilines is 2. The van der Waals surface area contributed by atoms with Gasteiger partial charge in [0.05, 0.1) is 11.9 Å². The van der Waals surface area contributed by atoms with Gasteiger partial charge in [0.25, 0.3) is 0 Å². The number of aryl methyl sites for hydroxylation is 1. The molecule has 9 heteroatoms. The van der Waals surface area contributed by atoms with Gasteiger partial charge in [-0.1, -0.05) is 0 Å². The van der Waals surface area contributed by atoms with E-state index in [-0.39, 0.29) is 12.1 Å². The normalized spacial score (nSPS) is 14.9. The SMILES string of the molecule is CC(=O)OC1CCN(c2ncc(NC(=O)C(=O)NN)cc2C)CC1. The van der Waals surface area contributed by atoms with E-state index in [0.29, 0.717) is 5.69 Å². The van der Waals surface area contributed by atoms with Crippen molar-refractivity contribution in [2.24, 2.45) is 5.84 Å². The van der Waals surface area contributed by atoms with Gasteiger partial charge in [-0.3, -0.25) is 19.8 Å². The molecule has 0 radical (unpaired) electrons. The van der Waals surface area contributed by atoms with Gasteiger partial charge in [0.2, 0.25) is 0 Å². The van der Waals surface area contributed by atoms with Crippen LogP contribution in [0.3, 0.4) is 0 Å². The summed E-state index contributed by atoms with van der Waals surface area (Å²) in [6.45, 7) is 4.75. The highest BCUT2D eigenvalue weighted by Gasteiger charge is 2.23. The first kappa shape index (κ1) is 17.7. The summed E-state index contributed by atoms with van der Waals surface area (Å²) in [5.74, 6) is 3.67. The molecule has 0 spiro atoms. The molecule has 2 rings (SSSR count). The lowest BCUT2D eigenvalue weighted by atomic mass is 10.1. The summed E-state index contributed by atoms with van der Waals surface area (Å²) < 4.78 is 5.22. The van der Waals surface area contributed by atoms with Gasteiger partial charge in [-0.15, -0.1) is 0 Å². The van der Waals surface area contributed by atoms with Gasteiger partial charge in [0, 0.05) is 32.9 Å². The molecule has 0 aliphatic carbocycles. The molecule has 0 bridgehead atoms. The van der Waals surface area contributed by atoms with Crippen molar-refractivity contribution < 1.29 is 19.1 Å². The van der Waals surface area contributed by atoms with E-state index in [1.54, 1.807) is 11.5 Å². The highest BCUT2D eigenvalue weighted by Crippen LogP contribution is 2.24. The van der Waals surface area contributed by atoms with Gasteiger partial charge in [-0.25, -0.2) is 10.8 Å². The number of esters is 1. The Morgan fingerprint density at radius 1 is 1.29 bits per heavy atom. The molecule has 24 heavy (non-hydrogen) atoms. The molecule has 1 aliphatic rings. The molecule has 1 aromatic rings. The van der Waals surface area contributed by atoms with Crippen LogP contribution < -0.4 is 21.5 Å². The molecule has 1 aliphatic heterocycles. The molecule has 2 amide bonds. The molecular weight excluding hydrogens is 314 g/mol. The van der Waals surface area contributed by atoms with Gasteiger partial charge < -0.3 is 15.0 Å². The maximum absolute atomic E-state index is 11.5. The highest BCUT2D eigenvalue weighted by molar-refractivity contribution is 6.39. The average molecular weight is 335 g/mol. The van der Waals surface area contributed by atoms with Crippen LogP contribution in [0.5, 0.6) is 0 Å². The summed E-state index contributed by atoms with van der Waals surface area (Å²) in [5, 5.41) is 2.42. The summed E-state index contributed by atoms with van der Waals surface area (Å²) in [6.07, 6.45) is 2.93. The number of ether oxygens (including phenoxy) is 1. The number of hydrogen-bond donors (Lipinski definition) is 3. The first-order chi connectivity index (χ1) is 11.4. The topological polar surface area (TPSA) is 127 Å². The van der Waals surface area contributed by atoms with Crippen molar-refractivity contribution in [3.63, 3.8) is 0 Å². The molecule has 2 heterocycles. The minimum absolute atomic E-state index is 0.0487. The third kappa shape index (κ3) is 4.42. The number of carbonyl (C=O) groups is 3. The van der Waals surface area contributed by atoms with E-state index in [4.69, 9.17) is 10.6 Å². The number of aromatic nitrogens is 1. The van der Waals surface area contributed by atoms with Gasteiger partial charge in [0.1, 0.15) is 11.9 Å². The Hall–Kier alpha value is -2.68. The van der Waals surface area contributed by atoms with Crippen molar-refractivity contribution in [1.29, 1.82) is 0 Å². The predicted molar refractivity (Wildman–Crippen MR) is 86.9 cm³/mol. The zero-order valence-corrected chi connectivity index (χ0v) is 13.7. The molecule has 0 aromatic carbocycles. The lowest BCUT2D eigenvalue weighted by Gasteiger charge is -2.33. The largest absolute Gasteiger partial charge is 0.462 e. The van der Waals surface area contributed by atoms with Crippen LogP contribution in [-0.4, -0.2) is 42.0 Å². The van der Waals surface area contributed by atoms with E-state index in [1.807, 2.05) is 6.92 Å². The molecule has 1 fully saturated rings. The maximum Gasteiger partial charge on any atom is 0.323 e. The third-order valence-corrected chi connectivity index (χ3v) is 3.72. The van der Waals surface area contributed by atoms with Crippen LogP contribution in [-0.2, 0) is 19.1 Å². The number of nitrogens with zero attached hydrogens (tertiary/aromatic N) is 2. The van der Waals surface area contributed by atoms with Crippen molar-refractivity contribution in [3.8, 4) is 0 Å². The summed E-state index contributed by atoms with van der Waals surface area (Å²) in [5.41, 5.74) is 3.05. The molecule has 0 atom stereocenters. The minimum Gasteiger partial charge on any atom is -0.462 e. The van der Waals surface area contributed by atoms with E-state index >= 15 is 0 Å². The number of hydrazine groups is 1. The van der Waals surface area contributed by atoms with Crippen LogP contribution >= 0.6 is 0 Å². The third-order valence-electron chi connectivity index (χ3n) is 3.72. The summed E-state index contributed by atoms with van der Waals surface area (Å²) >= 11 is 0. The van der Waals surface area contributed by atoms with Crippen LogP contribution in [0, 0.1) is 6.92 Å². The summed E-state index contributed by atoms with van der Waals surface area (Å²) in [7, 11) is 0. The molecule has 4 N–H and O–H groups in total. The monoisotopic (exact) mass is 335 g/mol. The number of pyridine rings is 1. The van der Waals surface area contributed by atoms with Crippen LogP contribution in [0.25, 0.3) is 0 Å². The zero-order chi connectivity index (χ0) is 17.7. The number of piperidine rings is 1. The average Bonchev–Trinajstić information content (AvgIpc) is 2.54. The smallest absolute Gasteiger partial charge is 0.323 e. The summed E-state index contributed by atoms with van der Waals surface area (Å²) in [4.78, 5) is 40.1. The van der Waals surface area contributed by atoms with Crippen LogP contribution in [0.15, 0.2) is 12.3 Å². The lowest BCUT2D eigenvalue weighted by Crippen LogP contribution is -2.39. The second kappa shape index (κ2) is 7.73. The van der Waals surface area contributed by atoms with Gasteiger partial charge in [-0.05, 0) is 18.6 Å².